The largest absolute Gasteiger partial charge is 0.390 e. The lowest BCUT2D eigenvalue weighted by Crippen LogP contribution is -2.36. The van der Waals surface area contributed by atoms with E-state index < -0.39 is 0 Å². The lowest BCUT2D eigenvalue weighted by Gasteiger charge is -2.13. The van der Waals surface area contributed by atoms with Gasteiger partial charge in [-0.3, -0.25) is 0 Å². The first-order valence-corrected chi connectivity index (χ1v) is 11.9. The maximum atomic E-state index is 9.97. The van der Waals surface area contributed by atoms with E-state index in [0.29, 0.717) is 0 Å². The highest BCUT2D eigenvalue weighted by Crippen LogP contribution is 2.08. The summed E-state index contributed by atoms with van der Waals surface area (Å²) in [6, 6.07) is 0. The summed E-state index contributed by atoms with van der Waals surface area (Å²) in [5.74, 6) is 0. The highest BCUT2D eigenvalue weighted by Gasteiger charge is 2.02. The van der Waals surface area contributed by atoms with Crippen molar-refractivity contribution in [3.8, 4) is 0 Å². The number of aliphatic hydroxyl groups is 1. The van der Waals surface area contributed by atoms with E-state index in [9.17, 15) is 5.11 Å². The zero-order chi connectivity index (χ0) is 19.1. The molecule has 0 saturated carbocycles. The topological polar surface area (TPSA) is 44.3 Å². The Kier molecular flexibility index (Phi) is 22.8. The molecule has 3 nitrogen and oxygen atoms in total. The van der Waals surface area contributed by atoms with Crippen molar-refractivity contribution in [2.75, 3.05) is 26.2 Å². The zero-order valence-electron chi connectivity index (χ0n) is 18.2. The van der Waals surface area contributed by atoms with E-state index in [1.165, 1.54) is 103 Å². The van der Waals surface area contributed by atoms with Crippen LogP contribution in [0.25, 0.3) is 0 Å². The summed E-state index contributed by atoms with van der Waals surface area (Å²) in [7, 11) is 0. The van der Waals surface area contributed by atoms with Crippen LogP contribution in [0.3, 0.4) is 0 Å². The predicted molar refractivity (Wildman–Crippen MR) is 117 cm³/mol. The van der Waals surface area contributed by atoms with Crippen LogP contribution in [0.1, 0.15) is 117 Å². The van der Waals surface area contributed by atoms with Gasteiger partial charge in [0.05, 0.1) is 6.10 Å². The summed E-state index contributed by atoms with van der Waals surface area (Å²) in [6.45, 7) is 8.08. The maximum absolute atomic E-state index is 9.97. The minimum atomic E-state index is -0.252. The molecule has 3 heteroatoms. The van der Waals surface area contributed by atoms with E-state index in [1.807, 2.05) is 0 Å². The molecule has 0 rings (SSSR count). The second kappa shape index (κ2) is 22.9. The second-order valence-electron chi connectivity index (χ2n) is 8.01. The van der Waals surface area contributed by atoms with Crippen LogP contribution in [0.2, 0.25) is 0 Å². The standard InChI is InChI=1S/C23H50N2O/c1-3-5-7-9-11-13-15-17-19-24-21-23(26)22-25-20-18-16-14-12-10-8-6-4-2/h23-26H,3-22H2,1-2H3. The fourth-order valence-corrected chi connectivity index (χ4v) is 3.38. The fourth-order valence-electron chi connectivity index (χ4n) is 3.38. The van der Waals surface area contributed by atoms with E-state index >= 15 is 0 Å². The Labute approximate surface area is 165 Å². The first-order valence-electron chi connectivity index (χ1n) is 11.9. The van der Waals surface area contributed by atoms with Crippen LogP contribution in [0, 0.1) is 0 Å². The van der Waals surface area contributed by atoms with Crippen molar-refractivity contribution < 1.29 is 5.11 Å². The Hall–Kier alpha value is -0.120. The molecule has 0 heterocycles. The van der Waals surface area contributed by atoms with Crippen LogP contribution in [-0.2, 0) is 0 Å². The second-order valence-corrected chi connectivity index (χ2v) is 8.01. The number of hydrogen-bond acceptors (Lipinski definition) is 3. The van der Waals surface area contributed by atoms with E-state index in [1.54, 1.807) is 0 Å². The molecule has 26 heavy (non-hydrogen) atoms. The van der Waals surface area contributed by atoms with Crippen LogP contribution >= 0.6 is 0 Å². The highest BCUT2D eigenvalue weighted by atomic mass is 16.3. The molecule has 0 aromatic heterocycles. The summed E-state index contributed by atoms with van der Waals surface area (Å²) >= 11 is 0. The normalized spacial score (nSPS) is 11.5. The van der Waals surface area contributed by atoms with Gasteiger partial charge < -0.3 is 15.7 Å². The number of aliphatic hydroxyl groups excluding tert-OH is 1. The van der Waals surface area contributed by atoms with Crippen LogP contribution in [0.5, 0.6) is 0 Å². The molecule has 0 aliphatic carbocycles. The minimum Gasteiger partial charge on any atom is -0.390 e. The van der Waals surface area contributed by atoms with Crippen LogP contribution in [0.15, 0.2) is 0 Å². The molecule has 0 unspecified atom stereocenters. The molecule has 0 aromatic rings. The molecule has 0 saturated heterocycles. The fraction of sp³-hybridized carbons (Fsp3) is 1.00. The average Bonchev–Trinajstić information content (AvgIpc) is 2.64. The average molecular weight is 371 g/mol. The maximum Gasteiger partial charge on any atom is 0.0788 e. The third kappa shape index (κ3) is 21.9. The van der Waals surface area contributed by atoms with Gasteiger partial charge in [0, 0.05) is 13.1 Å². The number of nitrogens with one attached hydrogen (secondary N) is 2. The third-order valence-electron chi connectivity index (χ3n) is 5.17. The molecule has 0 bridgehead atoms. The van der Waals surface area contributed by atoms with Crippen molar-refractivity contribution in [1.82, 2.24) is 10.6 Å². The first kappa shape index (κ1) is 25.9. The first-order chi connectivity index (χ1) is 12.8. The number of hydrogen-bond donors (Lipinski definition) is 3. The van der Waals surface area contributed by atoms with Crippen LogP contribution < -0.4 is 10.6 Å². The molecule has 0 amide bonds. The van der Waals surface area contributed by atoms with Crippen LogP contribution in [-0.4, -0.2) is 37.4 Å². The summed E-state index contributed by atoms with van der Waals surface area (Å²) < 4.78 is 0. The van der Waals surface area contributed by atoms with Crippen molar-refractivity contribution >= 4 is 0 Å². The van der Waals surface area contributed by atoms with Crippen molar-refractivity contribution in [2.24, 2.45) is 0 Å². The molecule has 0 fully saturated rings. The monoisotopic (exact) mass is 370 g/mol. The van der Waals surface area contributed by atoms with Crippen molar-refractivity contribution in [3.05, 3.63) is 0 Å². The van der Waals surface area contributed by atoms with Gasteiger partial charge in [-0.2, -0.15) is 0 Å². The lowest BCUT2D eigenvalue weighted by atomic mass is 10.1. The zero-order valence-corrected chi connectivity index (χ0v) is 18.2. The summed E-state index contributed by atoms with van der Waals surface area (Å²) in [4.78, 5) is 0. The van der Waals surface area contributed by atoms with Gasteiger partial charge >= 0.3 is 0 Å². The smallest absolute Gasteiger partial charge is 0.0788 e. The summed E-state index contributed by atoms with van der Waals surface area (Å²) in [6.07, 6.45) is 21.5. The van der Waals surface area contributed by atoms with E-state index in [-0.39, 0.29) is 6.10 Å². The molecule has 0 atom stereocenters. The van der Waals surface area contributed by atoms with Crippen molar-refractivity contribution in [3.63, 3.8) is 0 Å². The van der Waals surface area contributed by atoms with Gasteiger partial charge in [0.15, 0.2) is 0 Å². The lowest BCUT2D eigenvalue weighted by molar-refractivity contribution is 0.168. The Morgan fingerprint density at radius 2 is 0.808 bits per heavy atom. The van der Waals surface area contributed by atoms with Gasteiger partial charge in [-0.05, 0) is 25.9 Å². The van der Waals surface area contributed by atoms with Gasteiger partial charge in [0.1, 0.15) is 0 Å². The Morgan fingerprint density at radius 3 is 1.15 bits per heavy atom. The molecule has 0 aromatic carbocycles. The molecular formula is C23H50N2O. The van der Waals surface area contributed by atoms with Gasteiger partial charge in [-0.1, -0.05) is 104 Å². The quantitative estimate of drug-likeness (QED) is 0.211. The molecule has 3 N–H and O–H groups in total. The molecule has 0 radical (unpaired) electrons. The van der Waals surface area contributed by atoms with Gasteiger partial charge in [0.2, 0.25) is 0 Å². The van der Waals surface area contributed by atoms with Gasteiger partial charge in [-0.25, -0.2) is 0 Å². The molecule has 0 aliphatic heterocycles. The van der Waals surface area contributed by atoms with Crippen LogP contribution in [0.4, 0.5) is 0 Å². The molecule has 0 spiro atoms. The third-order valence-corrected chi connectivity index (χ3v) is 5.17. The summed E-state index contributed by atoms with van der Waals surface area (Å²) in [5.41, 5.74) is 0. The minimum absolute atomic E-state index is 0.252. The molecule has 158 valence electrons. The number of rotatable bonds is 22. The number of unbranched alkanes of at least 4 members (excludes halogenated alkanes) is 14. The Balaban J connectivity index is 3.12. The Morgan fingerprint density at radius 1 is 0.500 bits per heavy atom. The van der Waals surface area contributed by atoms with Gasteiger partial charge in [-0.15, -0.1) is 0 Å². The van der Waals surface area contributed by atoms with E-state index in [0.717, 1.165) is 26.2 Å². The summed E-state index contributed by atoms with van der Waals surface area (Å²) in [5, 5.41) is 16.8. The SMILES string of the molecule is CCCCCCCCCCNCC(O)CNCCCCCCCCCC. The Bertz CT molecular complexity index is 224. The van der Waals surface area contributed by atoms with E-state index in [4.69, 9.17) is 0 Å². The van der Waals surface area contributed by atoms with Crippen molar-refractivity contribution in [1.29, 1.82) is 0 Å². The highest BCUT2D eigenvalue weighted by molar-refractivity contribution is 4.63. The molecular weight excluding hydrogens is 320 g/mol. The predicted octanol–water partition coefficient (Wildman–Crippen LogP) is 5.81. The van der Waals surface area contributed by atoms with E-state index in [2.05, 4.69) is 24.5 Å². The molecule has 0 aliphatic rings. The van der Waals surface area contributed by atoms with Crippen molar-refractivity contribution in [2.45, 2.75) is 123 Å². The van der Waals surface area contributed by atoms with Gasteiger partial charge in [0.25, 0.3) is 0 Å².